The van der Waals surface area contributed by atoms with E-state index in [2.05, 4.69) is 172 Å². The molecule has 0 radical (unpaired) electrons. The second-order valence-corrected chi connectivity index (χ2v) is 40.8. The van der Waals surface area contributed by atoms with Gasteiger partial charge < -0.3 is 9.72 Å². The highest BCUT2D eigenvalue weighted by Crippen LogP contribution is 2.74. The molecule has 8 bridgehead atoms. The number of benzene rings is 4. The topological polar surface area (TPSA) is 346 Å². The van der Waals surface area contributed by atoms with E-state index in [9.17, 15) is 44.7 Å². The zero-order valence-corrected chi connectivity index (χ0v) is 78.9. The van der Waals surface area contributed by atoms with Crippen LogP contribution in [0.1, 0.15) is 232 Å². The number of fused-ring (bicyclic) bond motifs is 20. The van der Waals surface area contributed by atoms with Crippen molar-refractivity contribution in [3.05, 3.63) is 333 Å². The fourth-order valence-corrected chi connectivity index (χ4v) is 24.4. The zero-order chi connectivity index (χ0) is 98.6. The molecule has 4 aromatic carbocycles. The number of carbonyl (C=O) groups excluding carboxylic acids is 1. The lowest BCUT2D eigenvalue weighted by atomic mass is 9.66. The summed E-state index contributed by atoms with van der Waals surface area (Å²) < 4.78 is 121. The van der Waals surface area contributed by atoms with Gasteiger partial charge in [0.15, 0.2) is 5.78 Å². The summed E-state index contributed by atoms with van der Waals surface area (Å²) in [5.41, 5.74) is 12.4. The maximum Gasteiger partial charge on any atom is 0.344 e. The van der Waals surface area contributed by atoms with Gasteiger partial charge >= 0.3 is 5.69 Å². The van der Waals surface area contributed by atoms with Crippen molar-refractivity contribution in [1.82, 2.24) is 116 Å². The summed E-state index contributed by atoms with van der Waals surface area (Å²) in [5.74, 6) is -3.62. The number of ketones is 1. The van der Waals surface area contributed by atoms with Crippen LogP contribution in [0.4, 0.5) is 35.1 Å². The minimum atomic E-state index is -0.667. The van der Waals surface area contributed by atoms with Gasteiger partial charge in [-0.25, -0.2) is 79.8 Å². The standard InChI is InChI=1S/C29H28F2N6.C29H25F2N5O2.C25H20F2N6O.C24H20F2N6/c1-27(2,3)26-33-12-16(13-34-26)22-14-32-15-23(35-22)29-10-9-18(28(29,4)5)17-11-21(36-37-25(17)29)24-19(30)7-6-8-20(24)31;1-16(37)15-38-25-8-7-17(12-33-25)23-13-32-14-24(34-23)29-10-9-19(28(29,2)3)18-11-22(35-36-27(18)29)26-20(30)5-4-6-21(26)31;1-24(2)15-6-7-25(24,20-12-28-11-19(31-20)13-9-29-23(34)30-10-13)22-14(15)8-18(32-33-22)21-16(26)4-3-5-17(21)27;1-23(2)14-6-8-24(23,20-12-27-11-19(29-20)17-7-9-28-30-17)22-13(14)10-18(31-32-22)21-15(25)4-3-5-16(21)26/h6-8,11-15,18H,9-10H2,1-5H3;4-8,11-14,19H,9-10,15H2,1-3H3;3-5,8-12,15H,6-7H2,1-2H3,(H,29,30,34);3-5,7,9-12,14H,6,8H2,1-2H3,(H,28,30)/t18-,29-;19-,29-;15-,25-;14-,24-/m0000/s1. The monoisotopic (exact) mass is 1900 g/mol. The number of hydrogen-bond acceptors (Lipinski definition) is 24. The van der Waals surface area contributed by atoms with Crippen molar-refractivity contribution in [3.8, 4) is 96.1 Å². The highest BCUT2D eigenvalue weighted by molar-refractivity contribution is 5.77. The van der Waals surface area contributed by atoms with Gasteiger partial charge in [0, 0.05) is 90.1 Å². The quantitative estimate of drug-likeness (QED) is 0.0900. The highest BCUT2D eigenvalue weighted by Gasteiger charge is 2.69. The Morgan fingerprint density at radius 2 is 0.695 bits per heavy atom. The molecule has 0 saturated heterocycles. The molecule has 24 rings (SSSR count). The molecule has 710 valence electrons. The molecule has 0 amide bonds. The molecule has 26 nitrogen and oxygen atoms in total. The number of aromatic nitrogens is 23. The van der Waals surface area contributed by atoms with Gasteiger partial charge in [0.25, 0.3) is 0 Å². The first-order chi connectivity index (χ1) is 67.5. The SMILES string of the molecule is CC(=O)COc1ccc(-c2cncc([C@@]34CC[C@@H](c5cc(-c6c(F)cccc6F)nnc53)C4(C)C)n2)cn1.CC(C)(C)c1ncc(-c2cncc([C@@]34CC[C@@H](c5cc(-c6c(F)cccc6F)nnc53)C4(C)C)n2)cn1.CC1(C)[C@H]2CC[C@]1(c1cncc(-c3ccn[nH]3)n1)c1nnc(-c3c(F)cccc3F)cc12.CC1(C)[C@H]2CC[C@]1(c1cncc(-c3cnc(=O)[nH]c3)n1)c1nnc(-c3c(F)cccc3F)cc12. The number of halogens is 8. The first-order valence-corrected chi connectivity index (χ1v) is 46.6. The lowest BCUT2D eigenvalue weighted by Crippen LogP contribution is -2.38. The van der Waals surface area contributed by atoms with Crippen LogP contribution in [0.2, 0.25) is 0 Å². The van der Waals surface area contributed by atoms with Gasteiger partial charge in [0.2, 0.25) is 5.88 Å². The Hall–Kier alpha value is -15.3. The third-order valence-electron chi connectivity index (χ3n) is 31.5. The van der Waals surface area contributed by atoms with Crippen LogP contribution in [-0.2, 0) is 31.9 Å². The van der Waals surface area contributed by atoms with Crippen LogP contribution in [-0.4, -0.2) is 128 Å². The van der Waals surface area contributed by atoms with Gasteiger partial charge in [0.05, 0.1) is 160 Å². The van der Waals surface area contributed by atoms with Gasteiger partial charge in [0.1, 0.15) is 64.7 Å². The number of hydrogen-bond donors (Lipinski definition) is 2. The number of pyridine rings is 1. The van der Waals surface area contributed by atoms with E-state index in [1.165, 1.54) is 85.9 Å². The van der Waals surface area contributed by atoms with E-state index >= 15 is 0 Å². The van der Waals surface area contributed by atoms with E-state index in [-0.39, 0.29) is 108 Å². The molecule has 8 aliphatic rings. The minimum absolute atomic E-state index is 0.0356. The van der Waals surface area contributed by atoms with Crippen LogP contribution in [0.25, 0.3) is 90.2 Å². The van der Waals surface area contributed by atoms with E-state index in [1.54, 1.807) is 98.8 Å². The Balaban J connectivity index is 0.000000112. The average Bonchev–Trinajstić information content (AvgIpc) is 1.53. The fourth-order valence-electron chi connectivity index (χ4n) is 24.4. The lowest BCUT2D eigenvalue weighted by Gasteiger charge is -2.37. The van der Waals surface area contributed by atoms with Crippen molar-refractivity contribution in [1.29, 1.82) is 0 Å². The smallest absolute Gasteiger partial charge is 0.344 e. The predicted octanol–water partition coefficient (Wildman–Crippen LogP) is 20.6. The molecule has 16 aromatic rings. The summed E-state index contributed by atoms with van der Waals surface area (Å²) in [6, 6.07) is 27.8. The van der Waals surface area contributed by atoms with Gasteiger partial charge in [-0.1, -0.05) is 100 Å². The number of rotatable bonds is 15. The first-order valence-electron chi connectivity index (χ1n) is 46.6. The molecule has 8 aliphatic carbocycles. The summed E-state index contributed by atoms with van der Waals surface area (Å²) >= 11 is 0. The molecule has 2 N–H and O–H groups in total. The number of Topliss-reactive ketones (excluding diaryl/α,β-unsaturated/α-hetero) is 1. The van der Waals surface area contributed by atoms with Crippen molar-refractivity contribution in [2.75, 3.05) is 6.61 Å². The van der Waals surface area contributed by atoms with Crippen molar-refractivity contribution in [2.24, 2.45) is 21.7 Å². The molecule has 0 unspecified atom stereocenters. The predicted molar refractivity (Wildman–Crippen MR) is 504 cm³/mol. The lowest BCUT2D eigenvalue weighted by molar-refractivity contribution is -0.119. The second-order valence-electron chi connectivity index (χ2n) is 40.8. The number of nitrogens with zero attached hydrogens (tertiary/aromatic N) is 21. The molecule has 34 heteroatoms. The van der Waals surface area contributed by atoms with E-state index in [1.807, 2.05) is 24.3 Å². The largest absolute Gasteiger partial charge is 0.470 e. The van der Waals surface area contributed by atoms with Crippen LogP contribution in [0.5, 0.6) is 5.88 Å². The maximum absolute atomic E-state index is 14.5. The molecule has 12 heterocycles. The van der Waals surface area contributed by atoms with Gasteiger partial charge in [-0.3, -0.25) is 29.8 Å². The van der Waals surface area contributed by atoms with E-state index in [4.69, 9.17) is 24.7 Å². The van der Waals surface area contributed by atoms with Crippen LogP contribution < -0.4 is 10.4 Å². The molecule has 4 saturated carbocycles. The normalized spacial score (nSPS) is 21.8. The Labute approximate surface area is 804 Å². The number of carbonyl (C=O) groups is 1. The number of nitrogens with one attached hydrogen (secondary N) is 2. The van der Waals surface area contributed by atoms with Crippen LogP contribution in [0.15, 0.2) is 207 Å². The second kappa shape index (κ2) is 34.1. The van der Waals surface area contributed by atoms with Crippen LogP contribution >= 0.6 is 0 Å². The molecular formula is C107H93F8N23O3. The highest BCUT2D eigenvalue weighted by atomic mass is 19.2. The van der Waals surface area contributed by atoms with Crippen LogP contribution in [0, 0.1) is 68.2 Å². The molecule has 0 aliphatic heterocycles. The molecule has 12 aromatic heterocycles. The van der Waals surface area contributed by atoms with Gasteiger partial charge in [-0.05, 0) is 211 Å². The molecule has 8 atom stereocenters. The molecule has 4 fully saturated rings. The summed E-state index contributed by atoms with van der Waals surface area (Å²) in [7, 11) is 0. The summed E-state index contributed by atoms with van der Waals surface area (Å²) in [4.78, 5) is 80.2. The first kappa shape index (κ1) is 92.1. The van der Waals surface area contributed by atoms with Crippen molar-refractivity contribution in [2.45, 2.75) is 185 Å². The van der Waals surface area contributed by atoms with Gasteiger partial charge in [-0.15, -0.1) is 20.4 Å². The Morgan fingerprint density at radius 1 is 0.376 bits per heavy atom. The third kappa shape index (κ3) is 14.4. The third-order valence-corrected chi connectivity index (χ3v) is 31.5. The van der Waals surface area contributed by atoms with Crippen molar-refractivity contribution >= 4 is 5.78 Å². The van der Waals surface area contributed by atoms with E-state index in [0.717, 1.165) is 142 Å². The average molecular weight is 1900 g/mol. The number of aromatic amines is 2. The molecule has 141 heavy (non-hydrogen) atoms. The summed E-state index contributed by atoms with van der Waals surface area (Å²) in [6.07, 6.45) is 30.7. The minimum Gasteiger partial charge on any atom is -0.470 e. The molecular weight excluding hydrogens is 1810 g/mol. The number of H-pyrrole nitrogens is 2. The van der Waals surface area contributed by atoms with Gasteiger partial charge in [-0.2, -0.15) is 25.5 Å². The Bertz CT molecular complexity index is 7680. The molecule has 0 spiro atoms. The Morgan fingerprint density at radius 3 is 1.00 bits per heavy atom. The van der Waals surface area contributed by atoms with Crippen LogP contribution in [0.3, 0.4) is 0 Å². The van der Waals surface area contributed by atoms with E-state index in [0.29, 0.717) is 34.2 Å². The van der Waals surface area contributed by atoms with E-state index < -0.39 is 73.9 Å². The van der Waals surface area contributed by atoms with Crippen molar-refractivity contribution in [3.63, 3.8) is 0 Å². The summed E-state index contributed by atoms with van der Waals surface area (Å²) in [6.45, 7) is 25.2. The maximum atomic E-state index is 14.5. The summed E-state index contributed by atoms with van der Waals surface area (Å²) in [5, 5.41) is 42.4. The van der Waals surface area contributed by atoms with Crippen molar-refractivity contribution < 1.29 is 44.7 Å². The zero-order valence-electron chi connectivity index (χ0n) is 78.9. The Kier molecular flexibility index (Phi) is 22.3. The number of ether oxygens (including phenoxy) is 1. The fraction of sp³-hybridized carbons (Fsp3) is 0.318.